The zero-order valence-corrected chi connectivity index (χ0v) is 20.3. The first-order valence-corrected chi connectivity index (χ1v) is 13.4. The van der Waals surface area contributed by atoms with Crippen molar-refractivity contribution < 1.29 is 27.2 Å². The van der Waals surface area contributed by atoms with Gasteiger partial charge in [-0.3, -0.25) is 4.90 Å². The van der Waals surface area contributed by atoms with Gasteiger partial charge in [0.1, 0.15) is 24.4 Å². The predicted molar refractivity (Wildman–Crippen MR) is 130 cm³/mol. The van der Waals surface area contributed by atoms with Gasteiger partial charge >= 0.3 is 6.18 Å². The minimum Gasteiger partial charge on any atom is -0.495 e. The van der Waals surface area contributed by atoms with Crippen LogP contribution in [0.4, 0.5) is 30.4 Å². The van der Waals surface area contributed by atoms with E-state index in [1.54, 1.807) is 19.2 Å². The number of H-pyrrole nitrogens is 1. The summed E-state index contributed by atoms with van der Waals surface area (Å²) in [5, 5.41) is 6.69. The van der Waals surface area contributed by atoms with E-state index in [-0.39, 0.29) is 16.7 Å². The Morgan fingerprint density at radius 2 is 1.94 bits per heavy atom. The molecule has 2 aromatic heterocycles. The standard InChI is InChI=1S/C23H27F3N5O3P/c1-27-18-10-20(30-22-21(18)16(11-28-22)23(24,25)26)29-17-4-3-15(9-19(17)33-2)35(32)7-5-31(6-8-35)14-12-34-13-14/h3-4,9-11,14H,5-8,12-13H2,1-2H3,(H3,27,28,29,30). The van der Waals surface area contributed by atoms with E-state index in [2.05, 4.69) is 25.5 Å². The molecule has 2 aliphatic rings. The van der Waals surface area contributed by atoms with Crippen molar-refractivity contribution in [2.24, 2.45) is 0 Å². The highest BCUT2D eigenvalue weighted by molar-refractivity contribution is 7.71. The van der Waals surface area contributed by atoms with Crippen molar-refractivity contribution in [1.29, 1.82) is 0 Å². The van der Waals surface area contributed by atoms with Crippen molar-refractivity contribution in [2.75, 3.05) is 63.4 Å². The maximum Gasteiger partial charge on any atom is 0.418 e. The summed E-state index contributed by atoms with van der Waals surface area (Å²) >= 11 is 0. The molecule has 3 aromatic rings. The van der Waals surface area contributed by atoms with Gasteiger partial charge in [-0.2, -0.15) is 13.2 Å². The third-order valence-electron chi connectivity index (χ3n) is 6.77. The molecule has 0 atom stereocenters. The number of halogens is 3. The van der Waals surface area contributed by atoms with Gasteiger partial charge in [-0.25, -0.2) is 4.98 Å². The fraction of sp³-hybridized carbons (Fsp3) is 0.435. The monoisotopic (exact) mass is 509 g/mol. The lowest BCUT2D eigenvalue weighted by atomic mass is 10.1. The molecule has 2 saturated heterocycles. The largest absolute Gasteiger partial charge is 0.495 e. The van der Waals surface area contributed by atoms with Crippen LogP contribution < -0.4 is 20.7 Å². The number of hydrogen-bond donors (Lipinski definition) is 3. The highest BCUT2D eigenvalue weighted by Gasteiger charge is 2.36. The second-order valence-corrected chi connectivity index (χ2v) is 12.0. The number of methoxy groups -OCH3 is 1. The predicted octanol–water partition coefficient (Wildman–Crippen LogP) is 4.08. The summed E-state index contributed by atoms with van der Waals surface area (Å²) in [6.07, 6.45) is -2.37. The first-order chi connectivity index (χ1) is 16.7. The summed E-state index contributed by atoms with van der Waals surface area (Å²) in [5.41, 5.74) is 0.188. The van der Waals surface area contributed by atoms with Crippen LogP contribution in [0.15, 0.2) is 30.5 Å². The number of fused-ring (bicyclic) bond motifs is 1. The average Bonchev–Trinajstić information content (AvgIpc) is 3.24. The molecule has 0 saturated carbocycles. The Kier molecular flexibility index (Phi) is 6.19. The zero-order valence-electron chi connectivity index (χ0n) is 19.4. The van der Waals surface area contributed by atoms with Gasteiger partial charge in [-0.05, 0) is 18.2 Å². The topological polar surface area (TPSA) is 91.5 Å². The van der Waals surface area contributed by atoms with E-state index in [1.165, 1.54) is 13.2 Å². The number of anilines is 3. The molecule has 0 spiro atoms. The maximum atomic E-state index is 13.7. The molecule has 4 heterocycles. The van der Waals surface area contributed by atoms with E-state index in [0.717, 1.165) is 37.8 Å². The smallest absolute Gasteiger partial charge is 0.418 e. The van der Waals surface area contributed by atoms with Gasteiger partial charge in [-0.1, -0.05) is 0 Å². The van der Waals surface area contributed by atoms with Crippen LogP contribution in [0.1, 0.15) is 5.56 Å². The summed E-state index contributed by atoms with van der Waals surface area (Å²) in [5.74, 6) is 0.828. The third-order valence-corrected chi connectivity index (χ3v) is 9.83. The third kappa shape index (κ3) is 4.48. The number of hydrogen-bond acceptors (Lipinski definition) is 7. The quantitative estimate of drug-likeness (QED) is 0.432. The summed E-state index contributed by atoms with van der Waals surface area (Å²) in [4.78, 5) is 9.28. The van der Waals surface area contributed by atoms with Gasteiger partial charge in [0.25, 0.3) is 0 Å². The van der Waals surface area contributed by atoms with Crippen molar-refractivity contribution in [3.63, 3.8) is 0 Å². The Bertz CT molecular complexity index is 1280. The molecule has 5 rings (SSSR count). The van der Waals surface area contributed by atoms with Crippen LogP contribution in [-0.4, -0.2) is 73.7 Å². The van der Waals surface area contributed by atoms with Gasteiger partial charge in [0.05, 0.1) is 43.0 Å². The average molecular weight is 509 g/mol. The number of aromatic nitrogens is 2. The molecule has 0 unspecified atom stereocenters. The lowest BCUT2D eigenvalue weighted by Gasteiger charge is -2.41. The van der Waals surface area contributed by atoms with Crippen molar-refractivity contribution in [1.82, 2.24) is 14.9 Å². The number of pyridine rings is 1. The molecule has 35 heavy (non-hydrogen) atoms. The molecule has 8 nitrogen and oxygen atoms in total. The van der Waals surface area contributed by atoms with Crippen LogP contribution in [0.25, 0.3) is 11.0 Å². The molecule has 3 N–H and O–H groups in total. The van der Waals surface area contributed by atoms with E-state index in [1.807, 2.05) is 6.07 Å². The van der Waals surface area contributed by atoms with Crippen LogP contribution in [0.5, 0.6) is 5.75 Å². The molecular formula is C23H27F3N5O3P. The van der Waals surface area contributed by atoms with Crippen molar-refractivity contribution in [2.45, 2.75) is 12.2 Å². The summed E-state index contributed by atoms with van der Waals surface area (Å²) < 4.78 is 64.7. The first kappa shape index (κ1) is 24.0. The van der Waals surface area contributed by atoms with Crippen molar-refractivity contribution in [3.8, 4) is 5.75 Å². The fourth-order valence-electron chi connectivity index (χ4n) is 4.66. The second-order valence-electron chi connectivity index (χ2n) is 8.80. The Hall–Kier alpha value is -2.75. The molecule has 12 heteroatoms. The number of rotatable bonds is 6. The van der Waals surface area contributed by atoms with Crippen LogP contribution >= 0.6 is 7.14 Å². The van der Waals surface area contributed by atoms with Crippen LogP contribution in [0.3, 0.4) is 0 Å². The van der Waals surface area contributed by atoms with E-state index < -0.39 is 18.9 Å². The Morgan fingerprint density at radius 1 is 1.20 bits per heavy atom. The first-order valence-electron chi connectivity index (χ1n) is 11.3. The molecule has 0 aliphatic carbocycles. The SMILES string of the molecule is CNc1cc(Nc2ccc(P3(=O)CCN(C4COC4)CC3)cc2OC)nc2[nH]cc(C(F)(F)F)c12. The molecule has 2 aliphatic heterocycles. The Balaban J connectivity index is 1.40. The Labute approximate surface area is 200 Å². The molecule has 0 amide bonds. The number of ether oxygens (including phenoxy) is 2. The van der Waals surface area contributed by atoms with Crippen LogP contribution in [-0.2, 0) is 15.5 Å². The van der Waals surface area contributed by atoms with Gasteiger partial charge in [0.15, 0.2) is 0 Å². The van der Waals surface area contributed by atoms with Gasteiger partial charge in [0.2, 0.25) is 0 Å². The minimum atomic E-state index is -4.50. The summed E-state index contributed by atoms with van der Waals surface area (Å²) in [7, 11) is 0.523. The van der Waals surface area contributed by atoms with E-state index in [9.17, 15) is 17.7 Å². The number of nitrogens with zero attached hydrogens (tertiary/aromatic N) is 2. The normalized spacial score (nSPS) is 18.9. The zero-order chi connectivity index (χ0) is 24.8. The van der Waals surface area contributed by atoms with E-state index >= 15 is 0 Å². The van der Waals surface area contributed by atoms with Gasteiger partial charge in [-0.15, -0.1) is 0 Å². The molecule has 0 bridgehead atoms. The molecule has 1 aromatic carbocycles. The number of aromatic amines is 1. The number of alkyl halides is 3. The van der Waals surface area contributed by atoms with Crippen molar-refractivity contribution in [3.05, 3.63) is 36.0 Å². The second kappa shape index (κ2) is 9.04. The highest BCUT2D eigenvalue weighted by Crippen LogP contribution is 2.48. The summed E-state index contributed by atoms with van der Waals surface area (Å²) in [6.45, 7) is 3.04. The number of benzene rings is 1. The van der Waals surface area contributed by atoms with E-state index in [0.29, 0.717) is 35.6 Å². The molecule has 0 radical (unpaired) electrons. The van der Waals surface area contributed by atoms with Gasteiger partial charge in [0, 0.05) is 55.7 Å². The minimum absolute atomic E-state index is 0.0224. The Morgan fingerprint density at radius 3 is 2.54 bits per heavy atom. The van der Waals surface area contributed by atoms with E-state index in [4.69, 9.17) is 9.47 Å². The molecule has 188 valence electrons. The molecule has 2 fully saturated rings. The highest BCUT2D eigenvalue weighted by atomic mass is 31.2. The van der Waals surface area contributed by atoms with Gasteiger partial charge < -0.3 is 29.7 Å². The van der Waals surface area contributed by atoms with Crippen molar-refractivity contribution >= 4 is 40.7 Å². The number of nitrogens with one attached hydrogen (secondary N) is 3. The van der Waals surface area contributed by atoms with Crippen LogP contribution in [0.2, 0.25) is 0 Å². The molecular weight excluding hydrogens is 482 g/mol. The maximum absolute atomic E-state index is 13.7. The fourth-order valence-corrected chi connectivity index (χ4v) is 7.25. The lowest BCUT2D eigenvalue weighted by molar-refractivity contribution is -0.136. The van der Waals surface area contributed by atoms with Crippen LogP contribution in [0, 0.1) is 0 Å². The summed E-state index contributed by atoms with van der Waals surface area (Å²) in [6, 6.07) is 7.35. The lowest BCUT2D eigenvalue weighted by Crippen LogP contribution is -2.52.